The van der Waals surface area contributed by atoms with E-state index < -0.39 is 17.9 Å². The SMILES string of the molecule is CSc1ccccc1NC(=O)COC(=O)[C@H]1CCC(=O)N1. The Balaban J connectivity index is 1.82. The highest BCUT2D eigenvalue weighted by molar-refractivity contribution is 7.98. The number of rotatable bonds is 5. The first-order chi connectivity index (χ1) is 10.1. The summed E-state index contributed by atoms with van der Waals surface area (Å²) >= 11 is 1.51. The molecule has 2 amide bonds. The van der Waals surface area contributed by atoms with Crippen LogP contribution in [0.2, 0.25) is 0 Å². The first-order valence-electron chi connectivity index (χ1n) is 6.49. The maximum absolute atomic E-state index is 11.8. The van der Waals surface area contributed by atoms with Gasteiger partial charge in [-0.05, 0) is 24.8 Å². The van der Waals surface area contributed by atoms with E-state index >= 15 is 0 Å². The summed E-state index contributed by atoms with van der Waals surface area (Å²) < 4.78 is 4.91. The highest BCUT2D eigenvalue weighted by atomic mass is 32.2. The molecule has 1 fully saturated rings. The molecule has 1 heterocycles. The van der Waals surface area contributed by atoms with E-state index in [2.05, 4.69) is 10.6 Å². The molecule has 0 unspecified atom stereocenters. The minimum absolute atomic E-state index is 0.171. The fourth-order valence-electron chi connectivity index (χ4n) is 1.96. The van der Waals surface area contributed by atoms with Gasteiger partial charge in [-0.2, -0.15) is 0 Å². The lowest BCUT2D eigenvalue weighted by Gasteiger charge is -2.11. The number of benzene rings is 1. The Morgan fingerprint density at radius 1 is 1.43 bits per heavy atom. The monoisotopic (exact) mass is 308 g/mol. The fraction of sp³-hybridized carbons (Fsp3) is 0.357. The van der Waals surface area contributed by atoms with Crippen molar-refractivity contribution in [3.8, 4) is 0 Å². The third-order valence-electron chi connectivity index (χ3n) is 3.01. The van der Waals surface area contributed by atoms with Gasteiger partial charge in [-0.25, -0.2) is 4.79 Å². The van der Waals surface area contributed by atoms with Crippen LogP contribution in [-0.2, 0) is 19.1 Å². The van der Waals surface area contributed by atoms with Gasteiger partial charge in [0.2, 0.25) is 5.91 Å². The predicted octanol–water partition coefficient (Wildman–Crippen LogP) is 1.17. The van der Waals surface area contributed by atoms with Crippen LogP contribution in [0.1, 0.15) is 12.8 Å². The molecule has 112 valence electrons. The second kappa shape index (κ2) is 7.12. The van der Waals surface area contributed by atoms with E-state index in [1.165, 1.54) is 11.8 Å². The molecular formula is C14H16N2O4S. The molecule has 1 aromatic rings. The molecule has 6 nitrogen and oxygen atoms in total. The predicted molar refractivity (Wildman–Crippen MR) is 79.0 cm³/mol. The van der Waals surface area contributed by atoms with Gasteiger partial charge in [0.25, 0.3) is 5.91 Å². The van der Waals surface area contributed by atoms with Crippen LogP contribution in [0.4, 0.5) is 5.69 Å². The third kappa shape index (κ3) is 4.22. The summed E-state index contributed by atoms with van der Waals surface area (Å²) in [6.07, 6.45) is 2.63. The maximum Gasteiger partial charge on any atom is 0.329 e. The van der Waals surface area contributed by atoms with Crippen molar-refractivity contribution < 1.29 is 19.1 Å². The number of para-hydroxylation sites is 1. The Morgan fingerprint density at radius 2 is 2.19 bits per heavy atom. The van der Waals surface area contributed by atoms with Gasteiger partial charge in [0, 0.05) is 11.3 Å². The molecule has 1 aliphatic rings. The lowest BCUT2D eigenvalue weighted by Crippen LogP contribution is -2.36. The van der Waals surface area contributed by atoms with E-state index in [1.807, 2.05) is 24.5 Å². The zero-order valence-electron chi connectivity index (χ0n) is 11.5. The zero-order valence-corrected chi connectivity index (χ0v) is 12.4. The van der Waals surface area contributed by atoms with E-state index in [9.17, 15) is 14.4 Å². The van der Waals surface area contributed by atoms with Crippen molar-refractivity contribution in [1.82, 2.24) is 5.32 Å². The number of anilines is 1. The number of amides is 2. The molecule has 1 saturated heterocycles. The number of carbonyl (C=O) groups is 3. The van der Waals surface area contributed by atoms with Gasteiger partial charge in [0.1, 0.15) is 6.04 Å². The molecule has 0 saturated carbocycles. The molecule has 0 bridgehead atoms. The Labute approximate surface area is 126 Å². The highest BCUT2D eigenvalue weighted by Crippen LogP contribution is 2.24. The molecule has 1 aromatic carbocycles. The lowest BCUT2D eigenvalue weighted by atomic mass is 10.2. The fourth-order valence-corrected chi connectivity index (χ4v) is 2.52. The average Bonchev–Trinajstić information content (AvgIpc) is 2.92. The zero-order chi connectivity index (χ0) is 15.2. The first-order valence-corrected chi connectivity index (χ1v) is 7.71. The number of carbonyl (C=O) groups excluding carboxylic acids is 3. The van der Waals surface area contributed by atoms with Crippen LogP contribution in [0, 0.1) is 0 Å². The van der Waals surface area contributed by atoms with Crippen molar-refractivity contribution in [3.63, 3.8) is 0 Å². The van der Waals surface area contributed by atoms with Crippen LogP contribution in [0.15, 0.2) is 29.2 Å². The number of thioether (sulfide) groups is 1. The average molecular weight is 308 g/mol. The van der Waals surface area contributed by atoms with Crippen LogP contribution < -0.4 is 10.6 Å². The van der Waals surface area contributed by atoms with Gasteiger partial charge in [0.15, 0.2) is 6.61 Å². The number of nitrogens with one attached hydrogen (secondary N) is 2. The largest absolute Gasteiger partial charge is 0.454 e. The molecule has 0 aliphatic carbocycles. The number of hydrogen-bond donors (Lipinski definition) is 2. The Kier molecular flexibility index (Phi) is 5.21. The molecule has 1 atom stereocenters. The van der Waals surface area contributed by atoms with E-state index in [-0.39, 0.29) is 12.5 Å². The molecule has 2 rings (SSSR count). The second-order valence-electron chi connectivity index (χ2n) is 4.51. The van der Waals surface area contributed by atoms with E-state index in [0.29, 0.717) is 18.5 Å². The van der Waals surface area contributed by atoms with Crippen molar-refractivity contribution in [2.24, 2.45) is 0 Å². The van der Waals surface area contributed by atoms with Crippen LogP contribution in [0.3, 0.4) is 0 Å². The van der Waals surface area contributed by atoms with Crippen molar-refractivity contribution in [1.29, 1.82) is 0 Å². The van der Waals surface area contributed by atoms with Gasteiger partial charge >= 0.3 is 5.97 Å². The minimum Gasteiger partial charge on any atom is -0.454 e. The quantitative estimate of drug-likeness (QED) is 0.630. The summed E-state index contributed by atoms with van der Waals surface area (Å²) in [5, 5.41) is 5.19. The van der Waals surface area contributed by atoms with Gasteiger partial charge in [-0.1, -0.05) is 12.1 Å². The van der Waals surface area contributed by atoms with Gasteiger partial charge in [-0.15, -0.1) is 11.8 Å². The van der Waals surface area contributed by atoms with E-state index in [4.69, 9.17) is 4.74 Å². The van der Waals surface area contributed by atoms with E-state index in [0.717, 1.165) is 4.90 Å². The van der Waals surface area contributed by atoms with E-state index in [1.54, 1.807) is 6.07 Å². The summed E-state index contributed by atoms with van der Waals surface area (Å²) in [6.45, 7) is -0.367. The Hall–Kier alpha value is -2.02. The lowest BCUT2D eigenvalue weighted by molar-refractivity contribution is -0.149. The first kappa shape index (κ1) is 15.4. The number of hydrogen-bond acceptors (Lipinski definition) is 5. The summed E-state index contributed by atoms with van der Waals surface area (Å²) in [4.78, 5) is 35.4. The number of ether oxygens (including phenoxy) is 1. The van der Waals surface area contributed by atoms with Crippen LogP contribution >= 0.6 is 11.8 Å². The van der Waals surface area contributed by atoms with Crippen molar-refractivity contribution >= 4 is 35.2 Å². The van der Waals surface area contributed by atoms with Crippen LogP contribution in [0.5, 0.6) is 0 Å². The van der Waals surface area contributed by atoms with Crippen LogP contribution in [-0.4, -0.2) is 36.7 Å². The van der Waals surface area contributed by atoms with Crippen molar-refractivity contribution in [2.75, 3.05) is 18.2 Å². The highest BCUT2D eigenvalue weighted by Gasteiger charge is 2.28. The summed E-state index contributed by atoms with van der Waals surface area (Å²) in [5.74, 6) is -1.15. The Morgan fingerprint density at radius 3 is 2.86 bits per heavy atom. The number of esters is 1. The van der Waals surface area contributed by atoms with Crippen LogP contribution in [0.25, 0.3) is 0 Å². The van der Waals surface area contributed by atoms with Crippen molar-refractivity contribution in [3.05, 3.63) is 24.3 Å². The maximum atomic E-state index is 11.8. The minimum atomic E-state index is -0.635. The molecule has 0 spiro atoms. The Bertz CT molecular complexity index is 562. The standard InChI is InChI=1S/C14H16N2O4S/c1-21-11-5-3-2-4-9(11)15-13(18)8-20-14(19)10-6-7-12(17)16-10/h2-5,10H,6-8H2,1H3,(H,15,18)(H,16,17)/t10-/m1/s1. The molecule has 0 aromatic heterocycles. The second-order valence-corrected chi connectivity index (χ2v) is 5.36. The normalized spacial score (nSPS) is 17.2. The molecular weight excluding hydrogens is 292 g/mol. The summed E-state index contributed by atoms with van der Waals surface area (Å²) in [6, 6.07) is 6.73. The summed E-state index contributed by atoms with van der Waals surface area (Å²) in [5.41, 5.74) is 0.681. The topological polar surface area (TPSA) is 84.5 Å². The summed E-state index contributed by atoms with van der Waals surface area (Å²) in [7, 11) is 0. The smallest absolute Gasteiger partial charge is 0.329 e. The molecule has 21 heavy (non-hydrogen) atoms. The third-order valence-corrected chi connectivity index (χ3v) is 3.80. The molecule has 0 radical (unpaired) electrons. The van der Waals surface area contributed by atoms with Gasteiger partial charge in [-0.3, -0.25) is 9.59 Å². The van der Waals surface area contributed by atoms with Gasteiger partial charge in [0.05, 0.1) is 5.69 Å². The van der Waals surface area contributed by atoms with Gasteiger partial charge < -0.3 is 15.4 Å². The molecule has 7 heteroatoms. The molecule has 2 N–H and O–H groups in total. The molecule has 1 aliphatic heterocycles. The van der Waals surface area contributed by atoms with Crippen molar-refractivity contribution in [2.45, 2.75) is 23.8 Å².